The van der Waals surface area contributed by atoms with Crippen LogP contribution in [-0.4, -0.2) is 49.1 Å². The molecule has 0 saturated carbocycles. The third kappa shape index (κ3) is 3.66. The van der Waals surface area contributed by atoms with Gasteiger partial charge in [-0.25, -0.2) is 18.2 Å². The van der Waals surface area contributed by atoms with Crippen molar-refractivity contribution in [3.63, 3.8) is 0 Å². The molecular formula is C19H21N3O6S. The van der Waals surface area contributed by atoms with Crippen LogP contribution in [0.5, 0.6) is 5.88 Å². The third-order valence-corrected chi connectivity index (χ3v) is 6.77. The molecule has 29 heavy (non-hydrogen) atoms. The van der Waals surface area contributed by atoms with E-state index in [1.54, 1.807) is 26.3 Å². The van der Waals surface area contributed by atoms with Crippen LogP contribution in [0.25, 0.3) is 11.1 Å². The molecule has 1 aliphatic rings. The van der Waals surface area contributed by atoms with E-state index >= 15 is 0 Å². The Bertz CT molecular complexity index is 1210. The lowest BCUT2D eigenvalue weighted by molar-refractivity contribution is 0.143. The van der Waals surface area contributed by atoms with Gasteiger partial charge in [-0.15, -0.1) is 0 Å². The predicted octanol–water partition coefficient (Wildman–Crippen LogP) is 1.30. The number of hydrogen-bond donors (Lipinski definition) is 0. The molecule has 0 unspecified atom stereocenters. The highest BCUT2D eigenvalue weighted by molar-refractivity contribution is 7.89. The number of ether oxygens (including phenoxy) is 2. The summed E-state index contributed by atoms with van der Waals surface area (Å²) in [6.45, 7) is 1.40. The molecule has 0 aliphatic carbocycles. The molecule has 3 aromatic rings. The molecule has 0 saturated heterocycles. The number of benzene rings is 1. The van der Waals surface area contributed by atoms with E-state index in [9.17, 15) is 13.2 Å². The predicted molar refractivity (Wildman–Crippen MR) is 104 cm³/mol. The van der Waals surface area contributed by atoms with Gasteiger partial charge in [-0.3, -0.25) is 4.57 Å². The van der Waals surface area contributed by atoms with Crippen molar-refractivity contribution in [2.24, 2.45) is 7.05 Å². The Kier molecular flexibility index (Phi) is 5.15. The van der Waals surface area contributed by atoms with Crippen LogP contribution in [0.4, 0.5) is 0 Å². The van der Waals surface area contributed by atoms with Gasteiger partial charge in [0.2, 0.25) is 15.9 Å². The number of rotatable bonds is 6. The van der Waals surface area contributed by atoms with Crippen molar-refractivity contribution in [1.82, 2.24) is 13.9 Å². The number of fused-ring (bicyclic) bond motifs is 2. The first-order valence-corrected chi connectivity index (χ1v) is 10.5. The smallest absolute Gasteiger partial charge is 0.419 e. The minimum absolute atomic E-state index is 0.0929. The highest BCUT2D eigenvalue weighted by Gasteiger charge is 2.29. The molecule has 10 heteroatoms. The summed E-state index contributed by atoms with van der Waals surface area (Å²) in [6, 6.07) is 8.04. The standard InChI is InChI=1S/C19H21N3O6S/c1-21-16-5-4-14(11-17(16)28-19(21)23)29(24,25)22-8-7-15-13(12-22)3-6-18(20-15)27-10-9-26-2/h3-6,11H,7-10,12H2,1-2H3. The summed E-state index contributed by atoms with van der Waals surface area (Å²) in [4.78, 5) is 16.2. The first-order valence-electron chi connectivity index (χ1n) is 9.10. The quantitative estimate of drug-likeness (QED) is 0.555. The molecule has 0 amide bonds. The van der Waals surface area contributed by atoms with E-state index in [0.717, 1.165) is 11.3 Å². The van der Waals surface area contributed by atoms with Crippen molar-refractivity contribution >= 4 is 21.1 Å². The van der Waals surface area contributed by atoms with E-state index in [1.165, 1.54) is 21.0 Å². The van der Waals surface area contributed by atoms with Crippen LogP contribution in [0, 0.1) is 0 Å². The van der Waals surface area contributed by atoms with Crippen LogP contribution in [0.2, 0.25) is 0 Å². The maximum Gasteiger partial charge on any atom is 0.419 e. The van der Waals surface area contributed by atoms with Crippen molar-refractivity contribution in [2.75, 3.05) is 26.9 Å². The molecule has 0 N–H and O–H groups in total. The number of aryl methyl sites for hydroxylation is 1. The Hall–Kier alpha value is -2.69. The Morgan fingerprint density at radius 1 is 1.21 bits per heavy atom. The van der Waals surface area contributed by atoms with Gasteiger partial charge in [-0.05, 0) is 17.7 Å². The fourth-order valence-corrected chi connectivity index (χ4v) is 4.74. The number of methoxy groups -OCH3 is 1. The molecule has 1 aliphatic heterocycles. The molecule has 2 aromatic heterocycles. The summed E-state index contributed by atoms with van der Waals surface area (Å²) in [7, 11) is -0.568. The topological polar surface area (TPSA) is 104 Å². The average Bonchev–Trinajstić information content (AvgIpc) is 3.01. The van der Waals surface area contributed by atoms with Crippen molar-refractivity contribution in [1.29, 1.82) is 0 Å². The summed E-state index contributed by atoms with van der Waals surface area (Å²) in [6.07, 6.45) is 0.485. The number of hydrogen-bond acceptors (Lipinski definition) is 7. The molecule has 0 bridgehead atoms. The van der Waals surface area contributed by atoms with Gasteiger partial charge in [0.15, 0.2) is 5.58 Å². The normalized spacial score (nSPS) is 14.8. The van der Waals surface area contributed by atoms with E-state index in [4.69, 9.17) is 13.9 Å². The molecule has 4 rings (SSSR count). The highest BCUT2D eigenvalue weighted by atomic mass is 32.2. The minimum Gasteiger partial charge on any atom is -0.475 e. The lowest BCUT2D eigenvalue weighted by Gasteiger charge is -2.27. The molecule has 0 atom stereocenters. The van der Waals surface area contributed by atoms with Crippen LogP contribution < -0.4 is 10.5 Å². The van der Waals surface area contributed by atoms with Crippen LogP contribution >= 0.6 is 0 Å². The van der Waals surface area contributed by atoms with Gasteiger partial charge in [-0.2, -0.15) is 4.31 Å². The van der Waals surface area contributed by atoms with Gasteiger partial charge in [0.1, 0.15) is 6.61 Å². The lowest BCUT2D eigenvalue weighted by atomic mass is 10.1. The van der Waals surface area contributed by atoms with Crippen LogP contribution in [0.15, 0.2) is 44.4 Å². The number of oxazole rings is 1. The third-order valence-electron chi connectivity index (χ3n) is 4.93. The monoisotopic (exact) mass is 419 g/mol. The summed E-state index contributed by atoms with van der Waals surface area (Å²) < 4.78 is 44.6. The van der Waals surface area contributed by atoms with Gasteiger partial charge in [-0.1, -0.05) is 6.07 Å². The zero-order valence-corrected chi connectivity index (χ0v) is 16.9. The Morgan fingerprint density at radius 3 is 2.83 bits per heavy atom. The minimum atomic E-state index is -3.74. The fourth-order valence-electron chi connectivity index (χ4n) is 3.31. The van der Waals surface area contributed by atoms with Crippen molar-refractivity contribution in [3.8, 4) is 5.88 Å². The summed E-state index contributed by atoms with van der Waals surface area (Å²) in [5.41, 5.74) is 2.46. The Labute approximate surface area is 167 Å². The summed E-state index contributed by atoms with van der Waals surface area (Å²) >= 11 is 0. The largest absolute Gasteiger partial charge is 0.475 e. The average molecular weight is 419 g/mol. The molecule has 154 valence electrons. The number of sulfonamides is 1. The first-order chi connectivity index (χ1) is 13.9. The van der Waals surface area contributed by atoms with Crippen LogP contribution in [-0.2, 0) is 34.8 Å². The van der Waals surface area contributed by atoms with Crippen molar-refractivity contribution in [2.45, 2.75) is 17.9 Å². The van der Waals surface area contributed by atoms with Crippen LogP contribution in [0.3, 0.4) is 0 Å². The van der Waals surface area contributed by atoms with Crippen molar-refractivity contribution in [3.05, 3.63) is 52.1 Å². The van der Waals surface area contributed by atoms with Gasteiger partial charge < -0.3 is 13.9 Å². The highest BCUT2D eigenvalue weighted by Crippen LogP contribution is 2.27. The zero-order valence-electron chi connectivity index (χ0n) is 16.1. The van der Waals surface area contributed by atoms with Gasteiger partial charge in [0, 0.05) is 45.8 Å². The fraction of sp³-hybridized carbons (Fsp3) is 0.368. The second-order valence-electron chi connectivity index (χ2n) is 6.74. The maximum absolute atomic E-state index is 13.1. The van der Waals surface area contributed by atoms with E-state index in [2.05, 4.69) is 4.98 Å². The molecule has 1 aromatic carbocycles. The molecule has 0 fully saturated rings. The number of aromatic nitrogens is 2. The first kappa shape index (κ1) is 19.6. The van der Waals surface area contributed by atoms with Crippen LogP contribution in [0.1, 0.15) is 11.3 Å². The maximum atomic E-state index is 13.1. The van der Waals surface area contributed by atoms with Gasteiger partial charge >= 0.3 is 5.76 Å². The van der Waals surface area contributed by atoms with Gasteiger partial charge in [0.05, 0.1) is 22.7 Å². The number of nitrogens with zero attached hydrogens (tertiary/aromatic N) is 3. The molecule has 9 nitrogen and oxygen atoms in total. The van der Waals surface area contributed by atoms with E-state index in [-0.39, 0.29) is 17.0 Å². The Morgan fingerprint density at radius 2 is 2.03 bits per heavy atom. The second kappa shape index (κ2) is 7.62. The SMILES string of the molecule is COCCOc1ccc2c(n1)CCN(S(=O)(=O)c1ccc3c(c1)oc(=O)n3C)C2. The second-order valence-corrected chi connectivity index (χ2v) is 8.68. The summed E-state index contributed by atoms with van der Waals surface area (Å²) in [5.74, 6) is -0.0299. The molecular weight excluding hydrogens is 398 g/mol. The van der Waals surface area contributed by atoms with E-state index < -0.39 is 15.8 Å². The lowest BCUT2D eigenvalue weighted by Crippen LogP contribution is -2.36. The zero-order chi connectivity index (χ0) is 20.6. The van der Waals surface area contributed by atoms with E-state index in [1.807, 2.05) is 6.07 Å². The molecule has 3 heterocycles. The molecule has 0 spiro atoms. The van der Waals surface area contributed by atoms with E-state index in [0.29, 0.717) is 37.6 Å². The number of pyridine rings is 1. The van der Waals surface area contributed by atoms with Gasteiger partial charge in [0.25, 0.3) is 0 Å². The Balaban J connectivity index is 1.57. The van der Waals surface area contributed by atoms with Crippen molar-refractivity contribution < 1.29 is 22.3 Å². The molecule has 0 radical (unpaired) electrons. The summed E-state index contributed by atoms with van der Waals surface area (Å²) in [5, 5.41) is 0.